The summed E-state index contributed by atoms with van der Waals surface area (Å²) in [6.45, 7) is 23.0. The van der Waals surface area contributed by atoms with Crippen LogP contribution in [0.15, 0.2) is 0 Å². The fourth-order valence-electron chi connectivity index (χ4n) is 4.57. The number of hydrogen-bond acceptors (Lipinski definition) is 6. The summed E-state index contributed by atoms with van der Waals surface area (Å²) in [7, 11) is -25.9. The van der Waals surface area contributed by atoms with Crippen molar-refractivity contribution in [1.29, 1.82) is 0 Å². The van der Waals surface area contributed by atoms with E-state index in [0.29, 0.717) is 17.0 Å². The van der Waals surface area contributed by atoms with E-state index in [9.17, 15) is 0 Å². The van der Waals surface area contributed by atoms with Gasteiger partial charge in [0.05, 0.1) is 0 Å². The molecule has 0 aromatic carbocycles. The van der Waals surface area contributed by atoms with Gasteiger partial charge in [-0.3, -0.25) is 0 Å². The van der Waals surface area contributed by atoms with Crippen molar-refractivity contribution in [2.75, 3.05) is 0 Å². The van der Waals surface area contributed by atoms with Crippen molar-refractivity contribution < 1.29 is 24.7 Å². The Kier molecular flexibility index (Phi) is 12.7. The molecule has 1 heterocycles. The maximum absolute atomic E-state index is 6.85. The van der Waals surface area contributed by atoms with Crippen LogP contribution in [0.2, 0.25) is 95.6 Å². The van der Waals surface area contributed by atoms with E-state index in [1.165, 1.54) is 0 Å². The van der Waals surface area contributed by atoms with Gasteiger partial charge < -0.3 is 24.7 Å². The Balaban J connectivity index is 4.04. The van der Waals surface area contributed by atoms with Gasteiger partial charge in [0.2, 0.25) is 0 Å². The van der Waals surface area contributed by atoms with Crippen LogP contribution in [0.25, 0.3) is 0 Å². The van der Waals surface area contributed by atoms with Gasteiger partial charge in [0.15, 0.2) is 0 Å². The molecule has 6 nitrogen and oxygen atoms in total. The molecule has 216 valence electrons. The lowest BCUT2D eigenvalue weighted by Gasteiger charge is -2.55. The molecule has 0 N–H and O–H groups in total. The Morgan fingerprint density at radius 1 is 0.333 bits per heavy atom. The van der Waals surface area contributed by atoms with Crippen LogP contribution in [-0.2, 0) is 24.7 Å². The highest BCUT2D eigenvalue weighted by Gasteiger charge is 2.70. The minimum Gasteiger partial charge on any atom is -0.424 e. The van der Waals surface area contributed by atoms with Gasteiger partial charge in [-0.05, 0) is 78.6 Å². The van der Waals surface area contributed by atoms with Crippen LogP contribution < -0.4 is 0 Å². The molecule has 0 spiro atoms. The average molecular weight is 784 g/mol. The molecule has 1 aliphatic heterocycles. The highest BCUT2D eigenvalue weighted by Crippen LogP contribution is 2.50. The molecule has 36 heavy (non-hydrogen) atoms. The minimum absolute atomic E-state index is 0.425. The maximum atomic E-state index is 6.85. The molecule has 0 saturated carbocycles. The third kappa shape index (κ3) is 15.1. The van der Waals surface area contributed by atoms with Gasteiger partial charge in [-0.25, -0.2) is 0 Å². The van der Waals surface area contributed by atoms with E-state index in [0.717, 1.165) is 0 Å². The fraction of sp³-hybridized carbons (Fsp3) is 1.00. The second kappa shape index (κ2) is 12.2. The Bertz CT molecular complexity index is 598. The first-order valence-corrected chi connectivity index (χ1v) is 41.9. The number of rotatable bonds is 12. The fourth-order valence-corrected chi connectivity index (χ4v) is 61.0. The normalized spacial score (nSPS) is 21.5. The Morgan fingerprint density at radius 3 is 0.528 bits per heavy atom. The number of hydrogen-bond donors (Lipinski definition) is 0. The summed E-state index contributed by atoms with van der Waals surface area (Å²) in [5.74, 6) is 0. The summed E-state index contributed by atoms with van der Waals surface area (Å²) in [6.07, 6.45) is 0. The molecule has 0 bridgehead atoms. The van der Waals surface area contributed by atoms with Crippen molar-refractivity contribution in [2.45, 2.75) is 95.6 Å². The van der Waals surface area contributed by atoms with E-state index >= 15 is 0 Å². The van der Waals surface area contributed by atoms with Crippen LogP contribution in [0.1, 0.15) is 0 Å². The van der Waals surface area contributed by atoms with Gasteiger partial charge in [0.1, 0.15) is 0 Å². The van der Waals surface area contributed by atoms with Gasteiger partial charge in [0.25, 0.3) is 45.8 Å². The van der Waals surface area contributed by atoms with Crippen LogP contribution in [0.3, 0.4) is 0 Å². The quantitative estimate of drug-likeness (QED) is 0.146. The van der Waals surface area contributed by atoms with Crippen LogP contribution in [0.4, 0.5) is 0 Å². The summed E-state index contributed by atoms with van der Waals surface area (Å²) >= 11 is 41.1. The van der Waals surface area contributed by atoms with E-state index in [4.69, 9.17) is 91.2 Å². The third-order valence-electron chi connectivity index (χ3n) is 4.19. The molecular weight excluding hydrogens is 742 g/mol. The van der Waals surface area contributed by atoms with Crippen molar-refractivity contribution in [3.05, 3.63) is 0 Å². The molecule has 0 radical (unpaired) electrons. The largest absolute Gasteiger partial charge is 0.424 e. The van der Waals surface area contributed by atoms with Crippen LogP contribution in [0, 0.1) is 0 Å². The van der Waals surface area contributed by atoms with Gasteiger partial charge in [-0.1, -0.05) is 0 Å². The van der Waals surface area contributed by atoms with Crippen LogP contribution >= 0.6 is 66.5 Å². The predicted molar refractivity (Wildman–Crippen MR) is 178 cm³/mol. The average Bonchev–Trinajstić information content (AvgIpc) is 2.30. The molecule has 0 aromatic heterocycles. The summed E-state index contributed by atoms with van der Waals surface area (Å²) < 4.78 is 40.9. The summed E-state index contributed by atoms with van der Waals surface area (Å²) in [4.78, 5) is 0. The van der Waals surface area contributed by atoms with Crippen molar-refractivity contribution in [3.8, 4) is 0 Å². The van der Waals surface area contributed by atoms with Gasteiger partial charge >= 0.3 is 25.7 Å². The first-order chi connectivity index (χ1) is 15.4. The van der Waals surface area contributed by atoms with Crippen LogP contribution in [0.5, 0.6) is 0 Å². The molecule has 1 rings (SSSR count). The lowest BCUT2D eigenvalue weighted by atomic mass is 11.8. The molecule has 1 saturated heterocycles. The van der Waals surface area contributed by atoms with Crippen molar-refractivity contribution in [3.63, 3.8) is 0 Å². The van der Waals surface area contributed by atoms with Crippen LogP contribution in [-0.4, -0.2) is 71.4 Å². The van der Waals surface area contributed by atoms with Crippen molar-refractivity contribution in [1.82, 2.24) is 0 Å². The zero-order valence-corrected chi connectivity index (χ0v) is 36.9. The Morgan fingerprint density at radius 2 is 0.444 bits per heavy atom. The van der Waals surface area contributed by atoms with Gasteiger partial charge in [-0.2, -0.15) is 0 Å². The summed E-state index contributed by atoms with van der Waals surface area (Å²) in [5.41, 5.74) is 1.28. The monoisotopic (exact) mass is 780 g/mol. The summed E-state index contributed by atoms with van der Waals surface area (Å²) in [6, 6.07) is 0. The highest BCUT2D eigenvalue weighted by atomic mass is 35.6. The third-order valence-corrected chi connectivity index (χ3v) is 41.9. The molecule has 0 amide bonds. The predicted octanol–water partition coefficient (Wildman–Crippen LogP) is 8.69. The second-order valence-electron chi connectivity index (χ2n) is 12.1. The van der Waals surface area contributed by atoms with Gasteiger partial charge in [0, 0.05) is 17.0 Å². The summed E-state index contributed by atoms with van der Waals surface area (Å²) in [5, 5.41) is 0. The van der Waals surface area contributed by atoms with E-state index in [1.807, 2.05) is 78.6 Å². The molecule has 1 fully saturated rings. The second-order valence-corrected chi connectivity index (χ2v) is 59.4. The first kappa shape index (κ1) is 37.5. The molecule has 0 aromatic rings. The number of halogens is 6. The molecule has 0 atom stereocenters. The Labute approximate surface area is 255 Å². The zero-order chi connectivity index (χ0) is 28.9. The minimum atomic E-state index is -3.29. The highest BCUT2D eigenvalue weighted by molar-refractivity contribution is 7.27. The zero-order valence-electron chi connectivity index (χ0n) is 23.3. The molecular formula is C15H42Cl6O6Si9. The molecule has 1 aliphatic rings. The van der Waals surface area contributed by atoms with E-state index in [1.54, 1.807) is 0 Å². The Hall–Kier alpha value is 3.45. The molecule has 0 unspecified atom stereocenters. The SMILES string of the molecule is C[Si](C)(Cl)O[Si]1(O[Si](C)(C)Cl)C[Si](O[Si](C)(C)Cl)(O[Si](C)(C)Cl)C[Si](O[Si](C)(C)Cl)(O[Si](C)(C)Cl)C1. The van der Waals surface area contributed by atoms with E-state index < -0.39 is 71.4 Å². The maximum Gasteiger partial charge on any atom is 0.322 e. The van der Waals surface area contributed by atoms with Gasteiger partial charge in [-0.15, -0.1) is 66.5 Å². The molecule has 0 aliphatic carbocycles. The van der Waals surface area contributed by atoms with Crippen molar-refractivity contribution >= 4 is 138 Å². The molecule has 21 heteroatoms. The lowest BCUT2D eigenvalue weighted by Crippen LogP contribution is -2.75. The van der Waals surface area contributed by atoms with E-state index in [2.05, 4.69) is 0 Å². The standard InChI is InChI=1S/C15H42Cl6O6Si9/c1-28(2,16)22-34(23-29(3,4)17)13-35(24-30(5,6)18,25-31(7,8)19)15-36(14-34,26-32(9,10)20)27-33(11,12)21/h13-15H2,1-12H3. The lowest BCUT2D eigenvalue weighted by molar-refractivity contribution is 0.328. The van der Waals surface area contributed by atoms with E-state index in [-0.39, 0.29) is 0 Å². The smallest absolute Gasteiger partial charge is 0.322 e. The first-order valence-electron chi connectivity index (χ1n) is 11.7. The topological polar surface area (TPSA) is 55.4 Å². The van der Waals surface area contributed by atoms with Crippen molar-refractivity contribution in [2.24, 2.45) is 0 Å².